The van der Waals surface area contributed by atoms with E-state index in [1.807, 2.05) is 37.3 Å². The van der Waals surface area contributed by atoms with Gasteiger partial charge in [0.2, 0.25) is 0 Å². The normalized spacial score (nSPS) is 10.3. The molecule has 0 bridgehead atoms. The molecule has 5 heteroatoms. The number of rotatable bonds is 8. The maximum atomic E-state index is 11.2. The van der Waals surface area contributed by atoms with Crippen molar-refractivity contribution < 1.29 is 14.6 Å². The van der Waals surface area contributed by atoms with Crippen molar-refractivity contribution in [1.29, 1.82) is 0 Å². The van der Waals surface area contributed by atoms with Crippen molar-refractivity contribution >= 4 is 27.6 Å². The van der Waals surface area contributed by atoms with Crippen LogP contribution in [-0.4, -0.2) is 24.2 Å². The van der Waals surface area contributed by atoms with Crippen molar-refractivity contribution in [2.45, 2.75) is 19.8 Å². The Morgan fingerprint density at radius 2 is 1.91 bits per heavy atom. The van der Waals surface area contributed by atoms with Gasteiger partial charge in [-0.25, -0.2) is 4.79 Å². The summed E-state index contributed by atoms with van der Waals surface area (Å²) in [6.07, 6.45) is 1.81. The highest BCUT2D eigenvalue weighted by Crippen LogP contribution is 2.21. The quantitative estimate of drug-likeness (QED) is 0.653. The van der Waals surface area contributed by atoms with Crippen molar-refractivity contribution in [3.05, 3.63) is 58.1 Å². The molecule has 0 spiro atoms. The molecule has 0 heterocycles. The number of aryl methyl sites for hydroxylation is 1. The first-order chi connectivity index (χ1) is 11.1. The fourth-order valence-electron chi connectivity index (χ4n) is 2.12. The molecule has 0 aliphatic carbocycles. The number of nitrogens with one attached hydrogen (secondary N) is 1. The van der Waals surface area contributed by atoms with Crippen LogP contribution in [0.1, 0.15) is 28.8 Å². The van der Waals surface area contributed by atoms with Crippen molar-refractivity contribution in [3.63, 3.8) is 0 Å². The van der Waals surface area contributed by atoms with Gasteiger partial charge in [-0.15, -0.1) is 0 Å². The van der Waals surface area contributed by atoms with Crippen molar-refractivity contribution in [3.8, 4) is 5.75 Å². The predicted molar refractivity (Wildman–Crippen MR) is 95.5 cm³/mol. The minimum absolute atomic E-state index is 0.273. The van der Waals surface area contributed by atoms with Gasteiger partial charge in [0.25, 0.3) is 0 Å². The van der Waals surface area contributed by atoms with Gasteiger partial charge in [0.05, 0.1) is 12.2 Å². The third-order valence-electron chi connectivity index (χ3n) is 3.39. The van der Waals surface area contributed by atoms with Crippen LogP contribution in [0.4, 0.5) is 5.69 Å². The van der Waals surface area contributed by atoms with Crippen molar-refractivity contribution in [1.82, 2.24) is 0 Å². The van der Waals surface area contributed by atoms with E-state index >= 15 is 0 Å². The molecule has 122 valence electrons. The number of hydrogen-bond donors (Lipinski definition) is 2. The minimum Gasteiger partial charge on any atom is -0.494 e. The molecule has 0 fully saturated rings. The lowest BCUT2D eigenvalue weighted by Gasteiger charge is -2.10. The summed E-state index contributed by atoms with van der Waals surface area (Å²) in [5.41, 5.74) is 2.13. The summed E-state index contributed by atoms with van der Waals surface area (Å²) in [6.45, 7) is 3.40. The highest BCUT2D eigenvalue weighted by atomic mass is 79.9. The molecule has 0 aromatic heterocycles. The van der Waals surface area contributed by atoms with E-state index in [1.165, 1.54) is 5.56 Å². The maximum absolute atomic E-state index is 11.2. The van der Waals surface area contributed by atoms with E-state index in [-0.39, 0.29) is 5.56 Å². The van der Waals surface area contributed by atoms with Crippen LogP contribution in [0.25, 0.3) is 0 Å². The first kappa shape index (κ1) is 17.3. The predicted octanol–water partition coefficient (Wildman–Crippen LogP) is 4.73. The molecule has 0 saturated carbocycles. The standard InChI is InChI=1S/C18H20BrNO3/c1-13-4-7-15(8-5-13)23-11-3-2-10-20-17-9-6-14(19)12-16(17)18(21)22/h4-9,12,20H,2-3,10-11H2,1H3,(H,21,22). The summed E-state index contributed by atoms with van der Waals surface area (Å²) in [5, 5.41) is 12.4. The van der Waals surface area contributed by atoms with E-state index in [9.17, 15) is 9.90 Å². The highest BCUT2D eigenvalue weighted by Gasteiger charge is 2.09. The first-order valence-electron chi connectivity index (χ1n) is 7.52. The molecule has 2 rings (SSSR count). The second-order valence-electron chi connectivity index (χ2n) is 5.29. The molecule has 0 amide bonds. The summed E-state index contributed by atoms with van der Waals surface area (Å²) < 4.78 is 6.42. The third-order valence-corrected chi connectivity index (χ3v) is 3.88. The van der Waals surface area contributed by atoms with E-state index in [0.29, 0.717) is 18.8 Å². The molecular formula is C18H20BrNO3. The number of carbonyl (C=O) groups is 1. The SMILES string of the molecule is Cc1ccc(OCCCCNc2ccc(Br)cc2C(=O)O)cc1. The first-order valence-corrected chi connectivity index (χ1v) is 8.32. The highest BCUT2D eigenvalue weighted by molar-refractivity contribution is 9.10. The number of anilines is 1. The van der Waals surface area contributed by atoms with Gasteiger partial charge < -0.3 is 15.2 Å². The lowest BCUT2D eigenvalue weighted by atomic mass is 10.1. The third kappa shape index (κ3) is 5.60. The average Bonchev–Trinajstić information content (AvgIpc) is 2.53. The topological polar surface area (TPSA) is 58.6 Å². The van der Waals surface area contributed by atoms with Gasteiger partial charge in [-0.3, -0.25) is 0 Å². The molecule has 2 aromatic carbocycles. The van der Waals surface area contributed by atoms with E-state index in [0.717, 1.165) is 23.1 Å². The number of carboxylic acid groups (broad SMARTS) is 1. The largest absolute Gasteiger partial charge is 0.494 e. The zero-order chi connectivity index (χ0) is 16.7. The van der Waals surface area contributed by atoms with Crippen LogP contribution in [0.3, 0.4) is 0 Å². The molecule has 0 aliphatic rings. The molecule has 23 heavy (non-hydrogen) atoms. The molecule has 2 N–H and O–H groups in total. The van der Waals surface area contributed by atoms with Crippen LogP contribution in [0, 0.1) is 6.92 Å². The monoisotopic (exact) mass is 377 g/mol. The Hall–Kier alpha value is -2.01. The second-order valence-corrected chi connectivity index (χ2v) is 6.21. The fraction of sp³-hybridized carbons (Fsp3) is 0.278. The molecular weight excluding hydrogens is 358 g/mol. The number of aromatic carboxylic acids is 1. The number of halogens is 1. The summed E-state index contributed by atoms with van der Waals surface area (Å²) in [5.74, 6) is -0.0545. The van der Waals surface area contributed by atoms with Crippen LogP contribution in [0.15, 0.2) is 46.9 Å². The number of ether oxygens (including phenoxy) is 1. The van der Waals surface area contributed by atoms with Crippen LogP contribution in [0.2, 0.25) is 0 Å². The van der Waals surface area contributed by atoms with Gasteiger partial charge in [0.15, 0.2) is 0 Å². The van der Waals surface area contributed by atoms with Crippen LogP contribution >= 0.6 is 15.9 Å². The number of hydrogen-bond acceptors (Lipinski definition) is 3. The van der Waals surface area contributed by atoms with Gasteiger partial charge in [0.1, 0.15) is 5.75 Å². The van der Waals surface area contributed by atoms with E-state index in [4.69, 9.17) is 4.74 Å². The lowest BCUT2D eigenvalue weighted by Crippen LogP contribution is -2.09. The molecule has 0 aliphatic heterocycles. The molecule has 0 atom stereocenters. The molecule has 0 radical (unpaired) electrons. The summed E-state index contributed by atoms with van der Waals surface area (Å²) >= 11 is 3.29. The van der Waals surface area contributed by atoms with Gasteiger partial charge >= 0.3 is 5.97 Å². The lowest BCUT2D eigenvalue weighted by molar-refractivity contribution is 0.0698. The van der Waals surface area contributed by atoms with Gasteiger partial charge in [-0.05, 0) is 50.1 Å². The summed E-state index contributed by atoms with van der Waals surface area (Å²) in [6, 6.07) is 13.2. The number of carboxylic acids is 1. The zero-order valence-corrected chi connectivity index (χ0v) is 14.6. The van der Waals surface area contributed by atoms with Gasteiger partial charge in [0, 0.05) is 16.7 Å². The second kappa shape index (κ2) is 8.58. The summed E-state index contributed by atoms with van der Waals surface area (Å²) in [4.78, 5) is 11.2. The number of unbranched alkanes of at least 4 members (excludes halogenated alkanes) is 1. The Balaban J connectivity index is 1.71. The molecule has 0 unspecified atom stereocenters. The Morgan fingerprint density at radius 1 is 1.17 bits per heavy atom. The van der Waals surface area contributed by atoms with Gasteiger partial charge in [-0.2, -0.15) is 0 Å². The Bertz CT molecular complexity index is 656. The molecule has 2 aromatic rings. The van der Waals surface area contributed by atoms with E-state index < -0.39 is 5.97 Å². The minimum atomic E-state index is -0.934. The van der Waals surface area contributed by atoms with Crippen LogP contribution in [-0.2, 0) is 0 Å². The Labute approximate surface area is 144 Å². The Morgan fingerprint density at radius 3 is 2.61 bits per heavy atom. The maximum Gasteiger partial charge on any atom is 0.337 e. The molecule has 0 saturated heterocycles. The van der Waals surface area contributed by atoms with Crippen molar-refractivity contribution in [2.75, 3.05) is 18.5 Å². The average molecular weight is 378 g/mol. The molecule has 4 nitrogen and oxygen atoms in total. The fourth-order valence-corrected chi connectivity index (χ4v) is 2.48. The Kier molecular flexibility index (Phi) is 6.47. The van der Waals surface area contributed by atoms with Crippen LogP contribution < -0.4 is 10.1 Å². The van der Waals surface area contributed by atoms with E-state index in [2.05, 4.69) is 21.2 Å². The van der Waals surface area contributed by atoms with Crippen LogP contribution in [0.5, 0.6) is 5.75 Å². The summed E-state index contributed by atoms with van der Waals surface area (Å²) in [7, 11) is 0. The zero-order valence-electron chi connectivity index (χ0n) is 13.0. The van der Waals surface area contributed by atoms with E-state index in [1.54, 1.807) is 12.1 Å². The number of benzene rings is 2. The van der Waals surface area contributed by atoms with Crippen molar-refractivity contribution in [2.24, 2.45) is 0 Å². The van der Waals surface area contributed by atoms with Gasteiger partial charge in [-0.1, -0.05) is 33.6 Å². The smallest absolute Gasteiger partial charge is 0.337 e.